The van der Waals surface area contributed by atoms with Gasteiger partial charge in [0.25, 0.3) is 5.91 Å². The highest BCUT2D eigenvalue weighted by Gasteiger charge is 2.40. The lowest BCUT2D eigenvalue weighted by Crippen LogP contribution is -2.30. The Bertz CT molecular complexity index is 1250. The van der Waals surface area contributed by atoms with E-state index in [1.807, 2.05) is 31.2 Å². The Labute approximate surface area is 195 Å². The van der Waals surface area contributed by atoms with Crippen LogP contribution in [0.25, 0.3) is 0 Å². The molecule has 0 spiro atoms. The summed E-state index contributed by atoms with van der Waals surface area (Å²) in [5.41, 5.74) is 2.80. The lowest BCUT2D eigenvalue weighted by Gasteiger charge is -2.19. The molecule has 1 unspecified atom stereocenters. The van der Waals surface area contributed by atoms with Gasteiger partial charge in [-0.3, -0.25) is 14.5 Å². The minimum atomic E-state index is -0.585. The van der Waals surface area contributed by atoms with E-state index >= 15 is 0 Å². The quantitative estimate of drug-likeness (QED) is 0.422. The molecular formula is C26H20FN3O2S. The molecular weight excluding hydrogens is 437 g/mol. The number of nitriles is 1. The van der Waals surface area contributed by atoms with Crippen LogP contribution in [0.2, 0.25) is 0 Å². The topological polar surface area (TPSA) is 73.2 Å². The molecule has 7 heteroatoms. The predicted octanol–water partition coefficient (Wildman–Crippen LogP) is 5.20. The number of benzene rings is 3. The fourth-order valence-corrected chi connectivity index (χ4v) is 4.77. The summed E-state index contributed by atoms with van der Waals surface area (Å²) >= 11 is 1.18. The molecule has 1 N–H and O–H groups in total. The molecule has 0 aliphatic carbocycles. The van der Waals surface area contributed by atoms with Gasteiger partial charge in [-0.05, 0) is 55.3 Å². The standard InChI is InChI=1S/C26H20FN3O2S/c1-17-7-13-21(14-8-17)30-25(32)23(15-18-9-11-19(27)12-10-18)33-26(30)22(16-28)24(31)29-20-5-3-2-4-6-20/h2-14,23H,15H2,1H3,(H,29,31)/b26-22-. The first kappa shape index (κ1) is 22.3. The van der Waals surface area contributed by atoms with E-state index in [4.69, 9.17) is 0 Å². The Morgan fingerprint density at radius 3 is 2.36 bits per heavy atom. The second-order valence-corrected chi connectivity index (χ2v) is 8.75. The second kappa shape index (κ2) is 9.72. The van der Waals surface area contributed by atoms with Gasteiger partial charge in [0.1, 0.15) is 22.5 Å². The van der Waals surface area contributed by atoms with E-state index in [0.29, 0.717) is 17.8 Å². The van der Waals surface area contributed by atoms with Crippen molar-refractivity contribution in [2.24, 2.45) is 0 Å². The van der Waals surface area contributed by atoms with Crippen LogP contribution < -0.4 is 10.2 Å². The molecule has 1 aliphatic heterocycles. The molecule has 0 radical (unpaired) electrons. The van der Waals surface area contributed by atoms with Crippen LogP contribution in [0.15, 0.2) is 89.5 Å². The predicted molar refractivity (Wildman–Crippen MR) is 128 cm³/mol. The third-order valence-corrected chi connectivity index (χ3v) is 6.43. The van der Waals surface area contributed by atoms with E-state index in [1.165, 1.54) is 28.8 Å². The molecule has 1 atom stereocenters. The number of aryl methyl sites for hydroxylation is 1. The molecule has 0 bridgehead atoms. The summed E-state index contributed by atoms with van der Waals surface area (Å²) in [5, 5.41) is 12.3. The van der Waals surface area contributed by atoms with Crippen molar-refractivity contribution >= 4 is 35.0 Å². The van der Waals surface area contributed by atoms with Gasteiger partial charge in [-0.2, -0.15) is 5.26 Å². The summed E-state index contributed by atoms with van der Waals surface area (Å²) in [5.74, 6) is -1.17. The van der Waals surface area contributed by atoms with E-state index in [9.17, 15) is 19.2 Å². The summed E-state index contributed by atoms with van der Waals surface area (Å²) in [6.45, 7) is 1.94. The monoisotopic (exact) mass is 457 g/mol. The van der Waals surface area contributed by atoms with Gasteiger partial charge < -0.3 is 5.32 Å². The molecule has 4 rings (SSSR count). The number of nitrogens with zero attached hydrogens (tertiary/aromatic N) is 2. The summed E-state index contributed by atoms with van der Waals surface area (Å²) in [7, 11) is 0. The Hall–Kier alpha value is -3.89. The van der Waals surface area contributed by atoms with Gasteiger partial charge in [0.2, 0.25) is 5.91 Å². The number of carbonyl (C=O) groups is 2. The Balaban J connectivity index is 1.72. The van der Waals surface area contributed by atoms with Gasteiger partial charge in [-0.25, -0.2) is 4.39 Å². The third kappa shape index (κ3) is 4.97. The molecule has 3 aromatic rings. The Kier molecular flexibility index (Phi) is 6.57. The highest BCUT2D eigenvalue weighted by molar-refractivity contribution is 8.05. The average Bonchev–Trinajstić information content (AvgIpc) is 3.12. The minimum Gasteiger partial charge on any atom is -0.321 e. The zero-order valence-electron chi connectivity index (χ0n) is 17.8. The fraction of sp³-hybridized carbons (Fsp3) is 0.115. The molecule has 164 valence electrons. The highest BCUT2D eigenvalue weighted by Crippen LogP contribution is 2.42. The molecule has 1 fully saturated rings. The fourth-order valence-electron chi connectivity index (χ4n) is 3.47. The zero-order chi connectivity index (χ0) is 23.4. The van der Waals surface area contributed by atoms with Crippen LogP contribution in [0.5, 0.6) is 0 Å². The molecule has 1 heterocycles. The summed E-state index contributed by atoms with van der Waals surface area (Å²) in [6, 6.07) is 24.1. The van der Waals surface area contributed by atoms with Gasteiger partial charge in [0, 0.05) is 11.4 Å². The summed E-state index contributed by atoms with van der Waals surface area (Å²) in [6.07, 6.45) is 0.342. The maximum Gasteiger partial charge on any atom is 0.269 e. The van der Waals surface area contributed by atoms with Crippen LogP contribution in [0.1, 0.15) is 11.1 Å². The van der Waals surface area contributed by atoms with E-state index in [2.05, 4.69) is 5.32 Å². The van der Waals surface area contributed by atoms with Crippen LogP contribution in [0.4, 0.5) is 15.8 Å². The number of amides is 2. The number of hydrogen-bond acceptors (Lipinski definition) is 4. The van der Waals surface area contributed by atoms with Crippen molar-refractivity contribution < 1.29 is 14.0 Å². The van der Waals surface area contributed by atoms with Crippen LogP contribution in [0.3, 0.4) is 0 Å². The van der Waals surface area contributed by atoms with Crippen LogP contribution >= 0.6 is 11.8 Å². The second-order valence-electron chi connectivity index (χ2n) is 7.56. The van der Waals surface area contributed by atoms with Crippen LogP contribution in [-0.4, -0.2) is 17.1 Å². The molecule has 5 nitrogen and oxygen atoms in total. The summed E-state index contributed by atoms with van der Waals surface area (Å²) in [4.78, 5) is 27.8. The smallest absolute Gasteiger partial charge is 0.269 e. The van der Waals surface area contributed by atoms with Gasteiger partial charge in [-0.15, -0.1) is 0 Å². The van der Waals surface area contributed by atoms with Crippen molar-refractivity contribution in [1.29, 1.82) is 5.26 Å². The number of rotatable bonds is 5. The van der Waals surface area contributed by atoms with E-state index < -0.39 is 11.2 Å². The first-order valence-corrected chi connectivity index (χ1v) is 11.2. The van der Waals surface area contributed by atoms with Gasteiger partial charge >= 0.3 is 0 Å². The first-order valence-electron chi connectivity index (χ1n) is 10.3. The number of thioether (sulfide) groups is 1. The number of halogens is 1. The van der Waals surface area contributed by atoms with Gasteiger partial charge in [0.05, 0.1) is 5.25 Å². The third-order valence-electron chi connectivity index (χ3n) is 5.16. The van der Waals surface area contributed by atoms with Crippen molar-refractivity contribution in [2.45, 2.75) is 18.6 Å². The molecule has 1 aliphatic rings. The molecule has 0 aromatic heterocycles. The number of anilines is 2. The lowest BCUT2D eigenvalue weighted by atomic mass is 10.1. The van der Waals surface area contributed by atoms with Crippen molar-refractivity contribution in [3.63, 3.8) is 0 Å². The Morgan fingerprint density at radius 2 is 1.73 bits per heavy atom. The average molecular weight is 458 g/mol. The zero-order valence-corrected chi connectivity index (χ0v) is 18.6. The van der Waals surface area contributed by atoms with Crippen molar-refractivity contribution in [2.75, 3.05) is 10.2 Å². The maximum absolute atomic E-state index is 13.4. The molecule has 2 amide bonds. The highest BCUT2D eigenvalue weighted by atomic mass is 32.2. The van der Waals surface area contributed by atoms with Crippen molar-refractivity contribution in [1.82, 2.24) is 0 Å². The molecule has 3 aromatic carbocycles. The number of hydrogen-bond donors (Lipinski definition) is 1. The molecule has 0 saturated carbocycles. The van der Waals surface area contributed by atoms with Crippen molar-refractivity contribution in [3.8, 4) is 6.07 Å². The number of para-hydroxylation sites is 1. The van der Waals surface area contributed by atoms with E-state index in [-0.39, 0.29) is 22.3 Å². The largest absolute Gasteiger partial charge is 0.321 e. The number of carbonyl (C=O) groups excluding carboxylic acids is 2. The maximum atomic E-state index is 13.4. The Morgan fingerprint density at radius 1 is 1.06 bits per heavy atom. The lowest BCUT2D eigenvalue weighted by molar-refractivity contribution is -0.117. The molecule has 1 saturated heterocycles. The van der Waals surface area contributed by atoms with Gasteiger partial charge in [0.15, 0.2) is 0 Å². The van der Waals surface area contributed by atoms with Crippen LogP contribution in [-0.2, 0) is 16.0 Å². The summed E-state index contributed by atoms with van der Waals surface area (Å²) < 4.78 is 13.3. The van der Waals surface area contributed by atoms with Gasteiger partial charge in [-0.1, -0.05) is 59.8 Å². The number of nitrogens with one attached hydrogen (secondary N) is 1. The van der Waals surface area contributed by atoms with E-state index in [1.54, 1.807) is 48.5 Å². The van der Waals surface area contributed by atoms with Crippen molar-refractivity contribution in [3.05, 3.63) is 106 Å². The minimum absolute atomic E-state index is 0.139. The first-order chi connectivity index (χ1) is 16.0. The molecule has 33 heavy (non-hydrogen) atoms. The SMILES string of the molecule is Cc1ccc(N2C(=O)C(Cc3ccc(F)cc3)S/C2=C(/C#N)C(=O)Nc2ccccc2)cc1. The van der Waals surface area contributed by atoms with E-state index in [0.717, 1.165) is 11.1 Å². The van der Waals surface area contributed by atoms with Crippen LogP contribution in [0, 0.1) is 24.1 Å². The normalized spacial score (nSPS) is 16.9.